The van der Waals surface area contributed by atoms with Crippen molar-refractivity contribution in [3.8, 4) is 0 Å². The number of aromatic nitrogens is 2. The highest BCUT2D eigenvalue weighted by Crippen LogP contribution is 2.27. The SMILES string of the molecule is C=CCSc1nnc(NC(=O)c2cccc(NS(=O)(=O)c3ccc(C)cc3)c2C)s1. The number of nitrogens with zero attached hydrogens (tertiary/aromatic N) is 2. The van der Waals surface area contributed by atoms with Crippen LogP contribution in [-0.2, 0) is 10.0 Å². The highest BCUT2D eigenvalue weighted by Gasteiger charge is 2.19. The minimum atomic E-state index is -3.77. The quantitative estimate of drug-likeness (QED) is 0.292. The molecule has 0 unspecified atom stereocenters. The van der Waals surface area contributed by atoms with E-state index in [-0.39, 0.29) is 10.8 Å². The van der Waals surface area contributed by atoms with Crippen molar-refractivity contribution in [2.75, 3.05) is 15.8 Å². The van der Waals surface area contributed by atoms with Gasteiger partial charge in [0.2, 0.25) is 5.13 Å². The lowest BCUT2D eigenvalue weighted by molar-refractivity contribution is 0.102. The van der Waals surface area contributed by atoms with Crippen LogP contribution in [0.5, 0.6) is 0 Å². The first-order valence-electron chi connectivity index (χ1n) is 8.88. The fourth-order valence-electron chi connectivity index (χ4n) is 2.53. The Balaban J connectivity index is 1.78. The minimum Gasteiger partial charge on any atom is -0.296 e. The molecule has 1 aromatic heterocycles. The highest BCUT2D eigenvalue weighted by atomic mass is 32.2. The van der Waals surface area contributed by atoms with Crippen LogP contribution in [0.2, 0.25) is 0 Å². The van der Waals surface area contributed by atoms with E-state index in [1.54, 1.807) is 55.5 Å². The number of rotatable bonds is 8. The number of carbonyl (C=O) groups is 1. The molecule has 3 aromatic rings. The van der Waals surface area contributed by atoms with Gasteiger partial charge >= 0.3 is 0 Å². The Labute approximate surface area is 183 Å². The largest absolute Gasteiger partial charge is 0.296 e. The number of amides is 1. The molecule has 0 fully saturated rings. The van der Waals surface area contributed by atoms with E-state index in [1.165, 1.54) is 23.1 Å². The monoisotopic (exact) mass is 460 g/mol. The first-order chi connectivity index (χ1) is 14.3. The van der Waals surface area contributed by atoms with Gasteiger partial charge in [0.15, 0.2) is 4.34 Å². The number of hydrogen-bond acceptors (Lipinski definition) is 7. The number of nitrogens with one attached hydrogen (secondary N) is 2. The molecular weight excluding hydrogens is 440 g/mol. The third kappa shape index (κ3) is 5.26. The average Bonchev–Trinajstić information content (AvgIpc) is 3.15. The van der Waals surface area contributed by atoms with Crippen molar-refractivity contribution < 1.29 is 13.2 Å². The number of sulfonamides is 1. The molecule has 0 saturated heterocycles. The van der Waals surface area contributed by atoms with Crippen LogP contribution in [-0.4, -0.2) is 30.3 Å². The van der Waals surface area contributed by atoms with Crippen LogP contribution in [0.15, 0.2) is 64.4 Å². The summed E-state index contributed by atoms with van der Waals surface area (Å²) < 4.78 is 28.7. The van der Waals surface area contributed by atoms with E-state index in [0.29, 0.717) is 27.7 Å². The molecule has 1 heterocycles. The van der Waals surface area contributed by atoms with Gasteiger partial charge in [0.25, 0.3) is 15.9 Å². The average molecular weight is 461 g/mol. The number of carbonyl (C=O) groups excluding carboxylic acids is 1. The van der Waals surface area contributed by atoms with Gasteiger partial charge in [-0.3, -0.25) is 14.8 Å². The molecule has 1 amide bonds. The number of hydrogen-bond donors (Lipinski definition) is 2. The summed E-state index contributed by atoms with van der Waals surface area (Å²) in [6.45, 7) is 7.23. The maximum atomic E-state index is 12.7. The van der Waals surface area contributed by atoms with E-state index in [4.69, 9.17) is 0 Å². The van der Waals surface area contributed by atoms with E-state index >= 15 is 0 Å². The fraction of sp³-hybridized carbons (Fsp3) is 0.150. The number of thioether (sulfide) groups is 1. The van der Waals surface area contributed by atoms with E-state index in [1.807, 2.05) is 6.92 Å². The third-order valence-electron chi connectivity index (χ3n) is 4.11. The lowest BCUT2D eigenvalue weighted by Gasteiger charge is -2.13. The Kier molecular flexibility index (Phi) is 6.91. The second-order valence-electron chi connectivity index (χ2n) is 6.32. The molecule has 0 spiro atoms. The summed E-state index contributed by atoms with van der Waals surface area (Å²) in [5.41, 5.74) is 2.15. The van der Waals surface area contributed by atoms with Gasteiger partial charge in [-0.2, -0.15) is 0 Å². The first kappa shape index (κ1) is 22.0. The predicted octanol–water partition coefficient (Wildman–Crippen LogP) is 4.49. The molecule has 10 heteroatoms. The number of anilines is 2. The molecule has 0 atom stereocenters. The lowest BCUT2D eigenvalue weighted by Crippen LogP contribution is -2.17. The van der Waals surface area contributed by atoms with E-state index < -0.39 is 10.0 Å². The molecule has 2 aromatic carbocycles. The standard InChI is InChI=1S/C20H20N4O3S3/c1-4-12-28-20-23-22-19(29-20)21-18(25)16-6-5-7-17(14(16)3)24-30(26,27)15-10-8-13(2)9-11-15/h4-11,24H,1,12H2,2-3H3,(H,21,22,25). The summed E-state index contributed by atoms with van der Waals surface area (Å²) in [5, 5.41) is 11.1. The van der Waals surface area contributed by atoms with Gasteiger partial charge in [0.05, 0.1) is 10.6 Å². The molecule has 0 aliphatic carbocycles. The zero-order valence-corrected chi connectivity index (χ0v) is 18.8. The third-order valence-corrected chi connectivity index (χ3v) is 7.45. The van der Waals surface area contributed by atoms with Gasteiger partial charge in [0, 0.05) is 11.3 Å². The highest BCUT2D eigenvalue weighted by molar-refractivity contribution is 8.01. The van der Waals surface area contributed by atoms with Gasteiger partial charge < -0.3 is 0 Å². The molecule has 0 bridgehead atoms. The van der Waals surface area contributed by atoms with Crippen LogP contribution >= 0.6 is 23.1 Å². The van der Waals surface area contributed by atoms with Gasteiger partial charge in [-0.15, -0.1) is 16.8 Å². The summed E-state index contributed by atoms with van der Waals surface area (Å²) in [5.74, 6) is 0.311. The zero-order valence-electron chi connectivity index (χ0n) is 16.4. The first-order valence-corrected chi connectivity index (χ1v) is 12.2. The summed E-state index contributed by atoms with van der Waals surface area (Å²) in [7, 11) is -3.77. The summed E-state index contributed by atoms with van der Waals surface area (Å²) in [6.07, 6.45) is 1.76. The van der Waals surface area contributed by atoms with Gasteiger partial charge in [-0.25, -0.2) is 8.42 Å². The Hall–Kier alpha value is -2.69. The van der Waals surface area contributed by atoms with Crippen LogP contribution in [0.25, 0.3) is 0 Å². The Morgan fingerprint density at radius 1 is 1.17 bits per heavy atom. The van der Waals surface area contributed by atoms with Crippen molar-refractivity contribution in [3.05, 3.63) is 71.8 Å². The van der Waals surface area contributed by atoms with E-state index in [0.717, 1.165) is 9.90 Å². The van der Waals surface area contributed by atoms with Crippen molar-refractivity contribution >= 4 is 49.8 Å². The molecule has 156 valence electrons. The zero-order chi connectivity index (χ0) is 21.7. The Bertz CT molecular complexity index is 1170. The fourth-order valence-corrected chi connectivity index (χ4v) is 5.16. The second-order valence-corrected chi connectivity index (χ2v) is 10.3. The summed E-state index contributed by atoms with van der Waals surface area (Å²) in [6, 6.07) is 11.4. The molecular formula is C20H20N4O3S3. The van der Waals surface area contributed by atoms with Crippen molar-refractivity contribution in [1.29, 1.82) is 0 Å². The van der Waals surface area contributed by atoms with Crippen molar-refractivity contribution in [2.24, 2.45) is 0 Å². The topological polar surface area (TPSA) is 101 Å². The Morgan fingerprint density at radius 3 is 2.60 bits per heavy atom. The van der Waals surface area contributed by atoms with E-state index in [9.17, 15) is 13.2 Å². The van der Waals surface area contributed by atoms with Crippen LogP contribution < -0.4 is 10.0 Å². The second kappa shape index (κ2) is 9.41. The van der Waals surface area contributed by atoms with Crippen molar-refractivity contribution in [1.82, 2.24) is 10.2 Å². The Morgan fingerprint density at radius 2 is 1.90 bits per heavy atom. The summed E-state index contributed by atoms with van der Waals surface area (Å²) in [4.78, 5) is 12.9. The van der Waals surface area contributed by atoms with Crippen LogP contribution in [0.4, 0.5) is 10.8 Å². The normalized spacial score (nSPS) is 11.1. The van der Waals surface area contributed by atoms with Gasteiger partial charge in [0.1, 0.15) is 0 Å². The summed E-state index contributed by atoms with van der Waals surface area (Å²) >= 11 is 2.74. The molecule has 0 saturated carbocycles. The van der Waals surface area contributed by atoms with Crippen LogP contribution in [0.3, 0.4) is 0 Å². The van der Waals surface area contributed by atoms with Gasteiger partial charge in [-0.05, 0) is 43.7 Å². The lowest BCUT2D eigenvalue weighted by atomic mass is 10.1. The molecule has 2 N–H and O–H groups in total. The number of benzene rings is 2. The molecule has 0 aliphatic heterocycles. The molecule has 30 heavy (non-hydrogen) atoms. The number of aryl methyl sites for hydroxylation is 1. The van der Waals surface area contributed by atoms with E-state index in [2.05, 4.69) is 26.8 Å². The molecule has 3 rings (SSSR count). The maximum Gasteiger partial charge on any atom is 0.261 e. The van der Waals surface area contributed by atoms with Crippen molar-refractivity contribution in [2.45, 2.75) is 23.1 Å². The van der Waals surface area contributed by atoms with Gasteiger partial charge in [-0.1, -0.05) is 52.9 Å². The van der Waals surface area contributed by atoms with Crippen molar-refractivity contribution in [3.63, 3.8) is 0 Å². The minimum absolute atomic E-state index is 0.153. The molecule has 0 radical (unpaired) electrons. The molecule has 7 nitrogen and oxygen atoms in total. The smallest absolute Gasteiger partial charge is 0.261 e. The predicted molar refractivity (Wildman–Crippen MR) is 122 cm³/mol. The maximum absolute atomic E-state index is 12.7. The molecule has 0 aliphatic rings. The van der Waals surface area contributed by atoms with Crippen LogP contribution in [0.1, 0.15) is 21.5 Å². The van der Waals surface area contributed by atoms with Crippen LogP contribution in [0, 0.1) is 13.8 Å².